The molecule has 4 rings (SSSR count). The van der Waals surface area contributed by atoms with Gasteiger partial charge in [0, 0.05) is 26.1 Å². The normalized spacial score (nSPS) is 23.2. The molecule has 0 radical (unpaired) electrons. The molecule has 0 unspecified atom stereocenters. The van der Waals surface area contributed by atoms with E-state index in [2.05, 4.69) is 20.5 Å². The SMILES string of the molecule is Cn1nncc1S(=O)(=O)N1CC[C@H](c2nc(C3CC3)no2)C1. The maximum absolute atomic E-state index is 12.6. The first-order valence-electron chi connectivity index (χ1n) is 7.24. The van der Waals surface area contributed by atoms with Crippen molar-refractivity contribution in [2.75, 3.05) is 13.1 Å². The van der Waals surface area contributed by atoms with Gasteiger partial charge in [0.25, 0.3) is 10.0 Å². The molecule has 9 nitrogen and oxygen atoms in total. The van der Waals surface area contributed by atoms with E-state index in [4.69, 9.17) is 4.52 Å². The highest BCUT2D eigenvalue weighted by atomic mass is 32.2. The van der Waals surface area contributed by atoms with Crippen molar-refractivity contribution in [1.29, 1.82) is 0 Å². The van der Waals surface area contributed by atoms with E-state index in [1.807, 2.05) is 0 Å². The van der Waals surface area contributed by atoms with Crippen LogP contribution in [0.3, 0.4) is 0 Å². The van der Waals surface area contributed by atoms with Crippen molar-refractivity contribution in [3.63, 3.8) is 0 Å². The van der Waals surface area contributed by atoms with Crippen LogP contribution in [0.5, 0.6) is 0 Å². The Balaban J connectivity index is 1.53. The van der Waals surface area contributed by atoms with Crippen LogP contribution in [0.4, 0.5) is 0 Å². The van der Waals surface area contributed by atoms with Crippen molar-refractivity contribution in [2.24, 2.45) is 7.05 Å². The second-order valence-electron chi connectivity index (χ2n) is 5.81. The topological polar surface area (TPSA) is 107 Å². The summed E-state index contributed by atoms with van der Waals surface area (Å²) in [6.45, 7) is 0.777. The van der Waals surface area contributed by atoms with Gasteiger partial charge in [0.2, 0.25) is 5.89 Å². The monoisotopic (exact) mass is 324 g/mol. The molecular formula is C12H16N6O3S. The number of hydrogen-bond donors (Lipinski definition) is 0. The molecular weight excluding hydrogens is 308 g/mol. The highest BCUT2D eigenvalue weighted by Gasteiger charge is 2.38. The second-order valence-corrected chi connectivity index (χ2v) is 7.69. The molecule has 0 spiro atoms. The van der Waals surface area contributed by atoms with Gasteiger partial charge in [-0.25, -0.2) is 13.1 Å². The maximum atomic E-state index is 12.6. The maximum Gasteiger partial charge on any atom is 0.261 e. The first kappa shape index (κ1) is 13.8. The molecule has 0 amide bonds. The summed E-state index contributed by atoms with van der Waals surface area (Å²) in [7, 11) is -2.02. The lowest BCUT2D eigenvalue weighted by atomic mass is 10.1. The smallest absolute Gasteiger partial charge is 0.261 e. The van der Waals surface area contributed by atoms with Gasteiger partial charge < -0.3 is 4.52 Å². The fourth-order valence-electron chi connectivity index (χ4n) is 2.71. The third-order valence-corrected chi connectivity index (χ3v) is 6.09. The predicted molar refractivity (Wildman–Crippen MR) is 73.4 cm³/mol. The minimum Gasteiger partial charge on any atom is -0.339 e. The molecule has 118 valence electrons. The molecule has 2 aromatic rings. The molecule has 2 aromatic heterocycles. The van der Waals surface area contributed by atoms with E-state index in [0.717, 1.165) is 18.7 Å². The standard InChI is InChI=1S/C12H16N6O3S/c1-17-10(6-13-16-17)22(19,20)18-5-4-9(7-18)12-14-11(15-21-12)8-2-3-8/h6,8-9H,2-5,7H2,1H3/t9-/m0/s1. The van der Waals surface area contributed by atoms with E-state index >= 15 is 0 Å². The Hall–Kier alpha value is -1.81. The Bertz CT molecular complexity index is 793. The van der Waals surface area contributed by atoms with Crippen LogP contribution in [0.25, 0.3) is 0 Å². The number of sulfonamides is 1. The summed E-state index contributed by atoms with van der Waals surface area (Å²) in [5.74, 6) is 1.69. The van der Waals surface area contributed by atoms with Crippen molar-refractivity contribution in [3.8, 4) is 0 Å². The van der Waals surface area contributed by atoms with Gasteiger partial charge in [0.05, 0.1) is 12.1 Å². The van der Waals surface area contributed by atoms with E-state index in [0.29, 0.717) is 31.3 Å². The van der Waals surface area contributed by atoms with Crippen LogP contribution in [0, 0.1) is 0 Å². The van der Waals surface area contributed by atoms with Gasteiger partial charge in [-0.05, 0) is 19.3 Å². The molecule has 0 aromatic carbocycles. The van der Waals surface area contributed by atoms with Gasteiger partial charge in [0.1, 0.15) is 0 Å². The molecule has 3 heterocycles. The Kier molecular flexibility index (Phi) is 3.05. The zero-order valence-electron chi connectivity index (χ0n) is 12.1. The highest BCUT2D eigenvalue weighted by molar-refractivity contribution is 7.89. The van der Waals surface area contributed by atoms with Crippen molar-refractivity contribution in [3.05, 3.63) is 17.9 Å². The molecule has 0 bridgehead atoms. The van der Waals surface area contributed by atoms with Gasteiger partial charge in [-0.15, -0.1) is 5.10 Å². The van der Waals surface area contributed by atoms with Crippen LogP contribution in [-0.2, 0) is 17.1 Å². The molecule has 1 saturated carbocycles. The zero-order valence-corrected chi connectivity index (χ0v) is 12.9. The van der Waals surface area contributed by atoms with Crippen molar-refractivity contribution >= 4 is 10.0 Å². The summed E-state index contributed by atoms with van der Waals surface area (Å²) < 4.78 is 33.2. The van der Waals surface area contributed by atoms with Crippen molar-refractivity contribution in [2.45, 2.75) is 36.1 Å². The minimum atomic E-state index is -3.58. The fourth-order valence-corrected chi connectivity index (χ4v) is 4.25. The summed E-state index contributed by atoms with van der Waals surface area (Å²) in [6, 6.07) is 0. The first-order valence-corrected chi connectivity index (χ1v) is 8.68. The summed E-state index contributed by atoms with van der Waals surface area (Å²) in [6.07, 6.45) is 4.16. The summed E-state index contributed by atoms with van der Waals surface area (Å²) in [5.41, 5.74) is 0. The average molecular weight is 324 g/mol. The Morgan fingerprint density at radius 3 is 2.77 bits per heavy atom. The molecule has 0 N–H and O–H groups in total. The van der Waals surface area contributed by atoms with Crippen LogP contribution >= 0.6 is 0 Å². The number of nitrogens with zero attached hydrogens (tertiary/aromatic N) is 6. The predicted octanol–water partition coefficient (Wildman–Crippen LogP) is 0.254. The summed E-state index contributed by atoms with van der Waals surface area (Å²) >= 11 is 0. The van der Waals surface area contributed by atoms with Crippen LogP contribution in [-0.4, -0.2) is 50.9 Å². The third-order valence-electron chi connectivity index (χ3n) is 4.18. The first-order chi connectivity index (χ1) is 10.6. The van der Waals surface area contributed by atoms with E-state index < -0.39 is 10.0 Å². The summed E-state index contributed by atoms with van der Waals surface area (Å²) in [5, 5.41) is 11.4. The molecule has 2 fully saturated rings. The molecule has 2 aliphatic rings. The number of hydrogen-bond acceptors (Lipinski definition) is 7. The third kappa shape index (κ3) is 2.22. The fraction of sp³-hybridized carbons (Fsp3) is 0.667. The largest absolute Gasteiger partial charge is 0.339 e. The Morgan fingerprint density at radius 2 is 2.09 bits per heavy atom. The van der Waals surface area contributed by atoms with Gasteiger partial charge in [-0.1, -0.05) is 10.4 Å². The lowest BCUT2D eigenvalue weighted by molar-refractivity contribution is 0.350. The van der Waals surface area contributed by atoms with E-state index in [-0.39, 0.29) is 10.9 Å². The molecule has 1 aliphatic carbocycles. The Labute approximate surface area is 127 Å². The van der Waals surface area contributed by atoms with Crippen molar-refractivity contribution < 1.29 is 12.9 Å². The summed E-state index contributed by atoms with van der Waals surface area (Å²) in [4.78, 5) is 4.42. The number of rotatable bonds is 4. The number of aryl methyl sites for hydroxylation is 1. The van der Waals surface area contributed by atoms with Crippen LogP contribution < -0.4 is 0 Å². The minimum absolute atomic E-state index is 0.0454. The van der Waals surface area contributed by atoms with E-state index in [9.17, 15) is 8.42 Å². The van der Waals surface area contributed by atoms with E-state index in [1.165, 1.54) is 15.2 Å². The quantitative estimate of drug-likeness (QED) is 0.793. The lowest BCUT2D eigenvalue weighted by Gasteiger charge is -2.15. The van der Waals surface area contributed by atoms with Gasteiger partial charge in [-0.2, -0.15) is 9.29 Å². The van der Waals surface area contributed by atoms with E-state index in [1.54, 1.807) is 7.05 Å². The lowest BCUT2D eigenvalue weighted by Crippen LogP contribution is -2.30. The second kappa shape index (κ2) is 4.85. The highest BCUT2D eigenvalue weighted by Crippen LogP contribution is 2.39. The average Bonchev–Trinajstić information content (AvgIpc) is 2.95. The van der Waals surface area contributed by atoms with Gasteiger partial charge in [-0.3, -0.25) is 0 Å². The molecule has 10 heteroatoms. The number of aromatic nitrogens is 5. The zero-order chi connectivity index (χ0) is 15.3. The van der Waals surface area contributed by atoms with Crippen molar-refractivity contribution in [1.82, 2.24) is 29.4 Å². The molecule has 1 atom stereocenters. The molecule has 1 aliphatic heterocycles. The molecule has 1 saturated heterocycles. The Morgan fingerprint density at radius 1 is 1.27 bits per heavy atom. The van der Waals surface area contributed by atoms with Crippen LogP contribution in [0.15, 0.2) is 15.7 Å². The van der Waals surface area contributed by atoms with Crippen LogP contribution in [0.2, 0.25) is 0 Å². The van der Waals surface area contributed by atoms with Gasteiger partial charge in [0.15, 0.2) is 10.9 Å². The van der Waals surface area contributed by atoms with Crippen LogP contribution in [0.1, 0.15) is 42.8 Å². The van der Waals surface area contributed by atoms with Gasteiger partial charge >= 0.3 is 0 Å². The molecule has 22 heavy (non-hydrogen) atoms.